The Balaban J connectivity index is 0. The van der Waals surface area contributed by atoms with Crippen LogP contribution >= 0.6 is 11.6 Å². The van der Waals surface area contributed by atoms with Gasteiger partial charge in [0, 0.05) is 6.42 Å². The smallest absolute Gasteiger partial charge is 0.221 e. The largest absolute Gasteiger partial charge is 0.304 e. The third-order valence-corrected chi connectivity index (χ3v) is 3.01. The standard InChI is InChI=1S/C8H15ClO.C6H15N/c1-2-3-4-5-6-7-8(9)10;1-4-7(5-2)6-3/h2-7H2,1H3;4-6H2,1-3H3. The van der Waals surface area contributed by atoms with Crippen LogP contribution in [0.3, 0.4) is 0 Å². The molecule has 2 nitrogen and oxygen atoms in total. The molecular formula is C14H30ClNO. The van der Waals surface area contributed by atoms with Gasteiger partial charge in [-0.2, -0.15) is 0 Å². The summed E-state index contributed by atoms with van der Waals surface area (Å²) in [6.07, 6.45) is 6.41. The molecule has 0 aromatic rings. The molecule has 0 atom stereocenters. The molecule has 104 valence electrons. The molecule has 0 unspecified atom stereocenters. The van der Waals surface area contributed by atoms with E-state index in [-0.39, 0.29) is 5.24 Å². The predicted molar refractivity (Wildman–Crippen MR) is 77.7 cm³/mol. The van der Waals surface area contributed by atoms with Gasteiger partial charge in [-0.15, -0.1) is 0 Å². The first-order valence-corrected chi connectivity index (χ1v) is 7.40. The average molecular weight is 264 g/mol. The van der Waals surface area contributed by atoms with Gasteiger partial charge < -0.3 is 4.90 Å². The van der Waals surface area contributed by atoms with Gasteiger partial charge >= 0.3 is 0 Å². The van der Waals surface area contributed by atoms with E-state index in [0.717, 1.165) is 12.8 Å². The van der Waals surface area contributed by atoms with E-state index in [1.165, 1.54) is 38.9 Å². The molecule has 17 heavy (non-hydrogen) atoms. The maximum absolute atomic E-state index is 10.2. The van der Waals surface area contributed by atoms with E-state index in [1.807, 2.05) is 0 Å². The molecule has 0 N–H and O–H groups in total. The fraction of sp³-hybridized carbons (Fsp3) is 0.929. The Bertz CT molecular complexity index is 153. The Morgan fingerprint density at radius 2 is 1.35 bits per heavy atom. The molecule has 0 aliphatic rings. The number of hydrogen-bond acceptors (Lipinski definition) is 2. The molecule has 0 spiro atoms. The number of carbonyl (C=O) groups is 1. The van der Waals surface area contributed by atoms with Gasteiger partial charge in [0.25, 0.3) is 0 Å². The molecule has 0 radical (unpaired) electrons. The van der Waals surface area contributed by atoms with E-state index in [4.69, 9.17) is 11.6 Å². The van der Waals surface area contributed by atoms with Crippen molar-refractivity contribution in [3.8, 4) is 0 Å². The van der Waals surface area contributed by atoms with Crippen molar-refractivity contribution in [1.29, 1.82) is 0 Å². The van der Waals surface area contributed by atoms with Crippen LogP contribution in [0.25, 0.3) is 0 Å². The summed E-state index contributed by atoms with van der Waals surface area (Å²) in [5.74, 6) is 0. The van der Waals surface area contributed by atoms with Gasteiger partial charge in [-0.25, -0.2) is 0 Å². The number of unbranched alkanes of at least 4 members (excludes halogenated alkanes) is 4. The molecule has 0 aliphatic heterocycles. The molecule has 0 heterocycles. The Morgan fingerprint density at radius 3 is 1.65 bits per heavy atom. The highest BCUT2D eigenvalue weighted by Gasteiger charge is 1.94. The van der Waals surface area contributed by atoms with Gasteiger partial charge in [0.15, 0.2) is 0 Å². The van der Waals surface area contributed by atoms with Gasteiger partial charge in [-0.05, 0) is 37.7 Å². The average Bonchev–Trinajstić information content (AvgIpc) is 2.31. The van der Waals surface area contributed by atoms with E-state index in [2.05, 4.69) is 32.6 Å². The fourth-order valence-electron chi connectivity index (χ4n) is 1.54. The van der Waals surface area contributed by atoms with Crippen LogP contribution in [0.5, 0.6) is 0 Å². The highest BCUT2D eigenvalue weighted by Crippen LogP contribution is 2.05. The van der Waals surface area contributed by atoms with Crippen LogP contribution in [0.2, 0.25) is 0 Å². The minimum atomic E-state index is -0.198. The number of nitrogens with zero attached hydrogens (tertiary/aromatic N) is 1. The highest BCUT2D eigenvalue weighted by atomic mass is 35.5. The zero-order chi connectivity index (χ0) is 13.5. The van der Waals surface area contributed by atoms with Crippen molar-refractivity contribution in [2.24, 2.45) is 0 Å². The van der Waals surface area contributed by atoms with Crippen LogP contribution in [-0.2, 0) is 4.79 Å². The van der Waals surface area contributed by atoms with E-state index in [1.54, 1.807) is 0 Å². The lowest BCUT2D eigenvalue weighted by molar-refractivity contribution is -0.111. The summed E-state index contributed by atoms with van der Waals surface area (Å²) in [5.41, 5.74) is 0. The summed E-state index contributed by atoms with van der Waals surface area (Å²) in [4.78, 5) is 12.6. The van der Waals surface area contributed by atoms with Crippen molar-refractivity contribution < 1.29 is 4.79 Å². The van der Waals surface area contributed by atoms with Gasteiger partial charge in [0.05, 0.1) is 0 Å². The molecule has 3 heteroatoms. The molecule has 0 fully saturated rings. The summed E-state index contributed by atoms with van der Waals surface area (Å²) in [5, 5.41) is -0.198. The lowest BCUT2D eigenvalue weighted by atomic mass is 10.1. The molecule has 0 rings (SSSR count). The second-order valence-electron chi connectivity index (χ2n) is 4.14. The van der Waals surface area contributed by atoms with Crippen molar-refractivity contribution in [3.63, 3.8) is 0 Å². The molecule has 0 aromatic heterocycles. The number of rotatable bonds is 9. The van der Waals surface area contributed by atoms with Gasteiger partial charge in [-0.1, -0.05) is 53.4 Å². The minimum absolute atomic E-state index is 0.198. The second-order valence-corrected chi connectivity index (χ2v) is 4.56. The maximum atomic E-state index is 10.2. The van der Waals surface area contributed by atoms with Gasteiger partial charge in [-0.3, -0.25) is 4.79 Å². The number of hydrogen-bond donors (Lipinski definition) is 0. The first-order chi connectivity index (χ1) is 8.12. The monoisotopic (exact) mass is 263 g/mol. The Labute approximate surface area is 113 Å². The number of halogens is 1. The maximum Gasteiger partial charge on any atom is 0.221 e. The summed E-state index contributed by atoms with van der Waals surface area (Å²) >= 11 is 5.15. The third kappa shape index (κ3) is 18.5. The fourth-order valence-corrected chi connectivity index (χ4v) is 1.67. The van der Waals surface area contributed by atoms with E-state index >= 15 is 0 Å². The van der Waals surface area contributed by atoms with E-state index in [9.17, 15) is 4.79 Å². The van der Waals surface area contributed by atoms with Crippen LogP contribution in [-0.4, -0.2) is 29.8 Å². The van der Waals surface area contributed by atoms with Gasteiger partial charge in [0.2, 0.25) is 5.24 Å². The Morgan fingerprint density at radius 1 is 0.882 bits per heavy atom. The molecule has 0 bridgehead atoms. The highest BCUT2D eigenvalue weighted by molar-refractivity contribution is 6.63. The van der Waals surface area contributed by atoms with Crippen LogP contribution in [0.4, 0.5) is 0 Å². The second kappa shape index (κ2) is 15.9. The van der Waals surface area contributed by atoms with Crippen molar-refractivity contribution in [3.05, 3.63) is 0 Å². The van der Waals surface area contributed by atoms with Crippen molar-refractivity contribution in [2.75, 3.05) is 19.6 Å². The topological polar surface area (TPSA) is 20.3 Å². The molecular weight excluding hydrogens is 234 g/mol. The summed E-state index contributed by atoms with van der Waals surface area (Å²) < 4.78 is 0. The summed E-state index contributed by atoms with van der Waals surface area (Å²) in [6, 6.07) is 0. The van der Waals surface area contributed by atoms with Gasteiger partial charge in [0.1, 0.15) is 0 Å². The van der Waals surface area contributed by atoms with Crippen LogP contribution in [0.1, 0.15) is 66.2 Å². The zero-order valence-corrected chi connectivity index (χ0v) is 12.9. The predicted octanol–water partition coefficient (Wildman–Crippen LogP) is 4.46. The van der Waals surface area contributed by atoms with Crippen molar-refractivity contribution >= 4 is 16.8 Å². The lowest BCUT2D eigenvalue weighted by Crippen LogP contribution is -2.21. The quantitative estimate of drug-likeness (QED) is 0.452. The number of carbonyl (C=O) groups excluding carboxylic acids is 1. The van der Waals surface area contributed by atoms with Crippen molar-refractivity contribution in [1.82, 2.24) is 4.90 Å². The minimum Gasteiger partial charge on any atom is -0.304 e. The van der Waals surface area contributed by atoms with Crippen LogP contribution < -0.4 is 0 Å². The first kappa shape index (κ1) is 19.3. The van der Waals surface area contributed by atoms with E-state index in [0.29, 0.717) is 6.42 Å². The molecule has 0 aromatic carbocycles. The normalized spacial score (nSPS) is 10.0. The molecule has 0 aliphatic carbocycles. The van der Waals surface area contributed by atoms with Crippen LogP contribution in [0.15, 0.2) is 0 Å². The summed E-state index contributed by atoms with van der Waals surface area (Å²) in [7, 11) is 0. The molecule has 0 saturated heterocycles. The molecule has 0 amide bonds. The summed E-state index contributed by atoms with van der Waals surface area (Å²) in [6.45, 7) is 12.3. The first-order valence-electron chi connectivity index (χ1n) is 7.02. The third-order valence-electron chi connectivity index (χ3n) is 2.82. The van der Waals surface area contributed by atoms with Crippen LogP contribution in [0, 0.1) is 0 Å². The lowest BCUT2D eigenvalue weighted by Gasteiger charge is -2.13. The molecule has 0 saturated carbocycles. The van der Waals surface area contributed by atoms with E-state index < -0.39 is 0 Å². The SMILES string of the molecule is CCCCCCCC(=O)Cl.CCN(CC)CC. The van der Waals surface area contributed by atoms with Crippen molar-refractivity contribution in [2.45, 2.75) is 66.2 Å². The Kier molecular flexibility index (Phi) is 18.0. The Hall–Kier alpha value is -0.0800. The zero-order valence-electron chi connectivity index (χ0n) is 12.1.